The molecule has 3 nitrogen and oxygen atoms in total. The molecule has 1 aliphatic heterocycles. The van der Waals surface area contributed by atoms with Gasteiger partial charge in [0.15, 0.2) is 0 Å². The molecule has 1 aromatic rings. The average molecular weight is 262 g/mol. The van der Waals surface area contributed by atoms with E-state index in [0.29, 0.717) is 6.61 Å². The summed E-state index contributed by atoms with van der Waals surface area (Å²) in [6.45, 7) is 10.3. The Hall–Kier alpha value is -0.900. The number of hydrogen-bond acceptors (Lipinski definition) is 3. The Balaban J connectivity index is 1.93. The van der Waals surface area contributed by atoms with Gasteiger partial charge in [-0.25, -0.2) is 0 Å². The molecule has 106 valence electrons. The number of aliphatic hydroxyl groups excluding tert-OH is 1. The van der Waals surface area contributed by atoms with E-state index in [9.17, 15) is 0 Å². The molecule has 0 aromatic heterocycles. The first-order chi connectivity index (χ1) is 9.12. The van der Waals surface area contributed by atoms with Crippen LogP contribution in [-0.2, 0) is 6.54 Å². The van der Waals surface area contributed by atoms with Gasteiger partial charge in [0.25, 0.3) is 0 Å². The van der Waals surface area contributed by atoms with Gasteiger partial charge in [-0.1, -0.05) is 30.3 Å². The predicted octanol–water partition coefficient (Wildman–Crippen LogP) is 1.97. The van der Waals surface area contributed by atoms with Crippen LogP contribution in [0.15, 0.2) is 30.3 Å². The normalized spacial score (nSPS) is 20.6. The van der Waals surface area contributed by atoms with Crippen LogP contribution in [0.5, 0.6) is 0 Å². The summed E-state index contributed by atoms with van der Waals surface area (Å²) in [4.78, 5) is 5.04. The van der Waals surface area contributed by atoms with Crippen molar-refractivity contribution in [1.82, 2.24) is 9.80 Å². The van der Waals surface area contributed by atoms with Crippen molar-refractivity contribution in [2.24, 2.45) is 0 Å². The summed E-state index contributed by atoms with van der Waals surface area (Å²) < 4.78 is 0. The van der Waals surface area contributed by atoms with Crippen molar-refractivity contribution in [3.05, 3.63) is 35.9 Å². The molecule has 19 heavy (non-hydrogen) atoms. The molecule has 0 unspecified atom stereocenters. The smallest absolute Gasteiger partial charge is 0.0443 e. The molecule has 1 N–H and O–H groups in total. The molecule has 0 atom stereocenters. The first-order valence-corrected chi connectivity index (χ1v) is 7.24. The van der Waals surface area contributed by atoms with Gasteiger partial charge in [0.05, 0.1) is 0 Å². The zero-order chi connectivity index (χ0) is 13.7. The lowest BCUT2D eigenvalue weighted by Crippen LogP contribution is -2.58. The molecule has 1 aliphatic rings. The highest BCUT2D eigenvalue weighted by molar-refractivity contribution is 5.15. The van der Waals surface area contributed by atoms with Gasteiger partial charge in [-0.05, 0) is 25.8 Å². The third-order valence-corrected chi connectivity index (χ3v) is 4.00. The summed E-state index contributed by atoms with van der Waals surface area (Å²) >= 11 is 0. The van der Waals surface area contributed by atoms with Crippen molar-refractivity contribution in [2.45, 2.75) is 32.4 Å². The molecule has 1 aromatic carbocycles. The Labute approximate surface area is 116 Å². The number of benzene rings is 1. The van der Waals surface area contributed by atoms with Gasteiger partial charge < -0.3 is 10.0 Å². The summed E-state index contributed by atoms with van der Waals surface area (Å²) in [5, 5.41) is 8.94. The van der Waals surface area contributed by atoms with Gasteiger partial charge in [-0.2, -0.15) is 0 Å². The van der Waals surface area contributed by atoms with E-state index in [1.165, 1.54) is 5.56 Å². The second-order valence-corrected chi connectivity index (χ2v) is 6.07. The molecule has 0 amide bonds. The van der Waals surface area contributed by atoms with Gasteiger partial charge in [0.2, 0.25) is 0 Å². The van der Waals surface area contributed by atoms with E-state index in [1.54, 1.807) is 0 Å². The molecule has 0 saturated carbocycles. The Kier molecular flexibility index (Phi) is 4.97. The molecule has 0 aliphatic carbocycles. The van der Waals surface area contributed by atoms with E-state index >= 15 is 0 Å². The minimum absolute atomic E-state index is 0.198. The highest BCUT2D eigenvalue weighted by Gasteiger charge is 2.33. The third kappa shape index (κ3) is 4.03. The molecule has 0 spiro atoms. The van der Waals surface area contributed by atoms with Gasteiger partial charge in [-0.15, -0.1) is 0 Å². The van der Waals surface area contributed by atoms with E-state index in [-0.39, 0.29) is 5.54 Å². The van der Waals surface area contributed by atoms with Crippen LogP contribution in [0, 0.1) is 0 Å². The maximum absolute atomic E-state index is 8.94. The van der Waals surface area contributed by atoms with Crippen LogP contribution in [0.4, 0.5) is 0 Å². The predicted molar refractivity (Wildman–Crippen MR) is 79.1 cm³/mol. The molecule has 2 rings (SSSR count). The summed E-state index contributed by atoms with van der Waals surface area (Å²) in [5.41, 5.74) is 1.59. The van der Waals surface area contributed by atoms with Crippen LogP contribution in [-0.4, -0.2) is 53.2 Å². The zero-order valence-corrected chi connectivity index (χ0v) is 12.2. The molecule has 0 radical (unpaired) electrons. The average Bonchev–Trinajstić information content (AvgIpc) is 2.40. The molecular weight excluding hydrogens is 236 g/mol. The maximum Gasteiger partial charge on any atom is 0.0443 e. The van der Waals surface area contributed by atoms with Crippen molar-refractivity contribution in [3.63, 3.8) is 0 Å². The van der Waals surface area contributed by atoms with E-state index in [4.69, 9.17) is 5.11 Å². The van der Waals surface area contributed by atoms with E-state index < -0.39 is 0 Å². The number of hydrogen-bond donors (Lipinski definition) is 1. The highest BCUT2D eigenvalue weighted by Crippen LogP contribution is 2.23. The van der Waals surface area contributed by atoms with Crippen LogP contribution in [0.2, 0.25) is 0 Å². The number of nitrogens with zero attached hydrogens (tertiary/aromatic N) is 2. The van der Waals surface area contributed by atoms with Crippen molar-refractivity contribution >= 4 is 0 Å². The summed E-state index contributed by atoms with van der Waals surface area (Å²) in [6, 6.07) is 10.7. The number of rotatable bonds is 5. The minimum atomic E-state index is 0.198. The van der Waals surface area contributed by atoms with Crippen LogP contribution in [0.3, 0.4) is 0 Å². The van der Waals surface area contributed by atoms with Gasteiger partial charge in [0.1, 0.15) is 0 Å². The van der Waals surface area contributed by atoms with Crippen molar-refractivity contribution < 1.29 is 5.11 Å². The fraction of sp³-hybridized carbons (Fsp3) is 0.625. The van der Waals surface area contributed by atoms with Crippen LogP contribution in [0.25, 0.3) is 0 Å². The van der Waals surface area contributed by atoms with Gasteiger partial charge in [0, 0.05) is 44.9 Å². The van der Waals surface area contributed by atoms with E-state index in [2.05, 4.69) is 54.0 Å². The molecular formula is C16H26N2O. The van der Waals surface area contributed by atoms with Crippen LogP contribution in [0.1, 0.15) is 25.8 Å². The highest BCUT2D eigenvalue weighted by atomic mass is 16.3. The Morgan fingerprint density at radius 2 is 1.89 bits per heavy atom. The van der Waals surface area contributed by atoms with Gasteiger partial charge in [-0.3, -0.25) is 4.90 Å². The zero-order valence-electron chi connectivity index (χ0n) is 12.2. The Morgan fingerprint density at radius 3 is 2.53 bits per heavy atom. The van der Waals surface area contributed by atoms with E-state index in [0.717, 1.165) is 39.1 Å². The first-order valence-electron chi connectivity index (χ1n) is 7.24. The van der Waals surface area contributed by atoms with Gasteiger partial charge >= 0.3 is 0 Å². The van der Waals surface area contributed by atoms with Crippen molar-refractivity contribution in [3.8, 4) is 0 Å². The van der Waals surface area contributed by atoms with Crippen molar-refractivity contribution in [1.29, 1.82) is 0 Å². The first kappa shape index (κ1) is 14.5. The molecule has 1 heterocycles. The summed E-state index contributed by atoms with van der Waals surface area (Å²) in [5.74, 6) is 0. The Bertz CT molecular complexity index is 378. The SMILES string of the molecule is CC1(C)CN(CCCO)CCN1Cc1ccccc1. The minimum Gasteiger partial charge on any atom is -0.396 e. The maximum atomic E-state index is 8.94. The fourth-order valence-corrected chi connectivity index (χ4v) is 2.87. The molecule has 0 bridgehead atoms. The second kappa shape index (κ2) is 6.51. The van der Waals surface area contributed by atoms with Crippen LogP contribution >= 0.6 is 0 Å². The quantitative estimate of drug-likeness (QED) is 0.879. The standard InChI is InChI=1S/C16H26N2O/c1-16(2)14-17(9-6-12-19)10-11-18(16)13-15-7-4-3-5-8-15/h3-5,7-8,19H,6,9-14H2,1-2H3. The summed E-state index contributed by atoms with van der Waals surface area (Å²) in [6.07, 6.45) is 0.884. The number of aliphatic hydroxyl groups is 1. The number of piperazine rings is 1. The van der Waals surface area contributed by atoms with E-state index in [1.807, 2.05) is 0 Å². The molecule has 3 heteroatoms. The second-order valence-electron chi connectivity index (χ2n) is 6.07. The van der Waals surface area contributed by atoms with Crippen LogP contribution < -0.4 is 0 Å². The third-order valence-electron chi connectivity index (χ3n) is 4.00. The molecule has 1 fully saturated rings. The fourth-order valence-electron chi connectivity index (χ4n) is 2.87. The molecule has 1 saturated heterocycles. The lowest BCUT2D eigenvalue weighted by molar-refractivity contribution is 0.0118. The topological polar surface area (TPSA) is 26.7 Å². The Morgan fingerprint density at radius 1 is 1.16 bits per heavy atom. The summed E-state index contributed by atoms with van der Waals surface area (Å²) in [7, 11) is 0. The largest absolute Gasteiger partial charge is 0.396 e. The van der Waals surface area contributed by atoms with Crippen molar-refractivity contribution in [2.75, 3.05) is 32.8 Å². The lowest BCUT2D eigenvalue weighted by Gasteiger charge is -2.47. The lowest BCUT2D eigenvalue weighted by atomic mass is 9.97. The monoisotopic (exact) mass is 262 g/mol.